The third kappa shape index (κ3) is 2.79. The molecule has 0 spiro atoms. The Morgan fingerprint density at radius 1 is 1.32 bits per heavy atom. The summed E-state index contributed by atoms with van der Waals surface area (Å²) in [4.78, 5) is 28.0. The van der Waals surface area contributed by atoms with Crippen molar-refractivity contribution in [1.29, 1.82) is 0 Å². The third-order valence-electron chi connectivity index (χ3n) is 4.12. The number of ether oxygens (including phenoxy) is 1. The first-order valence-electron chi connectivity index (χ1n) is 7.36. The molecule has 7 nitrogen and oxygen atoms in total. The fourth-order valence-corrected chi connectivity index (χ4v) is 2.89. The molecule has 1 N–H and O–H groups in total. The maximum atomic E-state index is 12.4. The molecule has 2 aromatic heterocycles. The van der Waals surface area contributed by atoms with E-state index in [9.17, 15) is 9.59 Å². The van der Waals surface area contributed by atoms with Crippen LogP contribution in [0.1, 0.15) is 36.0 Å². The zero-order valence-electron chi connectivity index (χ0n) is 12.4. The Bertz CT molecular complexity index is 689. The van der Waals surface area contributed by atoms with E-state index in [2.05, 4.69) is 15.4 Å². The minimum atomic E-state index is -0.171. The first kappa shape index (κ1) is 14.5. The van der Waals surface area contributed by atoms with E-state index in [0.717, 1.165) is 25.7 Å². The molecule has 1 saturated carbocycles. The van der Waals surface area contributed by atoms with Crippen LogP contribution in [0.4, 0.5) is 0 Å². The molecule has 1 aliphatic rings. The van der Waals surface area contributed by atoms with Crippen molar-refractivity contribution in [1.82, 2.24) is 19.9 Å². The molecule has 22 heavy (non-hydrogen) atoms. The highest BCUT2D eigenvalue weighted by molar-refractivity contribution is 5.99. The minimum absolute atomic E-state index is 0.0446. The molecule has 0 bridgehead atoms. The Balaban J connectivity index is 1.62. The van der Waals surface area contributed by atoms with E-state index in [0.29, 0.717) is 11.2 Å². The van der Waals surface area contributed by atoms with Gasteiger partial charge in [-0.15, -0.1) is 0 Å². The lowest BCUT2D eigenvalue weighted by molar-refractivity contribution is -0.146. The second-order valence-electron chi connectivity index (χ2n) is 5.49. The van der Waals surface area contributed by atoms with Crippen LogP contribution in [0.15, 0.2) is 24.7 Å². The SMILES string of the molecule is COC(=O)[C@H]1CC[C@H](NC(=O)c2cnn3cccnc23)CC1. The van der Waals surface area contributed by atoms with Crippen LogP contribution in [0.3, 0.4) is 0 Å². The van der Waals surface area contributed by atoms with Crippen molar-refractivity contribution in [2.45, 2.75) is 31.7 Å². The standard InChI is InChI=1S/C15H18N4O3/c1-22-15(21)10-3-5-11(6-4-10)18-14(20)12-9-17-19-8-2-7-16-13(12)19/h2,7-11H,3-6H2,1H3,(H,18,20)/t10-,11-. The van der Waals surface area contributed by atoms with Crippen LogP contribution in [0.5, 0.6) is 0 Å². The first-order valence-corrected chi connectivity index (χ1v) is 7.36. The van der Waals surface area contributed by atoms with Gasteiger partial charge in [-0.1, -0.05) is 0 Å². The van der Waals surface area contributed by atoms with Crippen molar-refractivity contribution in [3.63, 3.8) is 0 Å². The average molecular weight is 302 g/mol. The van der Waals surface area contributed by atoms with Crippen molar-refractivity contribution >= 4 is 17.5 Å². The summed E-state index contributed by atoms with van der Waals surface area (Å²) in [6.45, 7) is 0. The van der Waals surface area contributed by atoms with Gasteiger partial charge in [0.25, 0.3) is 5.91 Å². The molecule has 0 atom stereocenters. The molecule has 2 aromatic rings. The average Bonchev–Trinajstić information content (AvgIpc) is 2.99. The number of rotatable bonds is 3. The number of methoxy groups -OCH3 is 1. The quantitative estimate of drug-likeness (QED) is 0.861. The Morgan fingerprint density at radius 2 is 2.09 bits per heavy atom. The fourth-order valence-electron chi connectivity index (χ4n) is 2.89. The molecule has 1 amide bonds. The van der Waals surface area contributed by atoms with Crippen molar-refractivity contribution in [3.05, 3.63) is 30.2 Å². The molecule has 0 aromatic carbocycles. The molecule has 1 fully saturated rings. The number of esters is 1. The number of amides is 1. The van der Waals surface area contributed by atoms with Gasteiger partial charge in [0.05, 0.1) is 19.2 Å². The fraction of sp³-hybridized carbons (Fsp3) is 0.467. The predicted octanol–water partition coefficient (Wildman–Crippen LogP) is 1.19. The number of nitrogens with one attached hydrogen (secondary N) is 1. The number of carbonyl (C=O) groups excluding carboxylic acids is 2. The maximum Gasteiger partial charge on any atom is 0.308 e. The van der Waals surface area contributed by atoms with E-state index in [1.165, 1.54) is 13.3 Å². The highest BCUT2D eigenvalue weighted by Crippen LogP contribution is 2.25. The number of hydrogen-bond acceptors (Lipinski definition) is 5. The summed E-state index contributed by atoms with van der Waals surface area (Å²) in [5.74, 6) is -0.372. The highest BCUT2D eigenvalue weighted by atomic mass is 16.5. The molecule has 0 radical (unpaired) electrons. The van der Waals surface area contributed by atoms with Gasteiger partial charge in [-0.3, -0.25) is 9.59 Å². The van der Waals surface area contributed by atoms with Crippen LogP contribution in [-0.2, 0) is 9.53 Å². The molecule has 7 heteroatoms. The lowest BCUT2D eigenvalue weighted by Crippen LogP contribution is -2.38. The van der Waals surface area contributed by atoms with Crippen molar-refractivity contribution < 1.29 is 14.3 Å². The van der Waals surface area contributed by atoms with Gasteiger partial charge in [-0.05, 0) is 31.7 Å². The van der Waals surface area contributed by atoms with Crippen LogP contribution in [0.25, 0.3) is 5.65 Å². The minimum Gasteiger partial charge on any atom is -0.469 e. The summed E-state index contributed by atoms with van der Waals surface area (Å²) >= 11 is 0. The van der Waals surface area contributed by atoms with Gasteiger partial charge in [0.1, 0.15) is 5.56 Å². The predicted molar refractivity (Wildman–Crippen MR) is 78.2 cm³/mol. The van der Waals surface area contributed by atoms with Crippen LogP contribution in [0.2, 0.25) is 0 Å². The number of aromatic nitrogens is 3. The molecular weight excluding hydrogens is 284 g/mol. The smallest absolute Gasteiger partial charge is 0.308 e. The van der Waals surface area contributed by atoms with Crippen LogP contribution >= 0.6 is 0 Å². The Labute approximate surface area is 127 Å². The maximum absolute atomic E-state index is 12.4. The third-order valence-corrected chi connectivity index (χ3v) is 4.12. The van der Waals surface area contributed by atoms with E-state index < -0.39 is 0 Å². The van der Waals surface area contributed by atoms with Gasteiger partial charge >= 0.3 is 5.97 Å². The zero-order valence-corrected chi connectivity index (χ0v) is 12.4. The van der Waals surface area contributed by atoms with Crippen molar-refractivity contribution in [2.24, 2.45) is 5.92 Å². The normalized spacial score (nSPS) is 21.5. The van der Waals surface area contributed by atoms with E-state index in [-0.39, 0.29) is 23.8 Å². The van der Waals surface area contributed by atoms with E-state index in [4.69, 9.17) is 4.74 Å². The Hall–Kier alpha value is -2.44. The summed E-state index contributed by atoms with van der Waals surface area (Å²) in [6.07, 6.45) is 7.94. The first-order chi connectivity index (χ1) is 10.7. The molecule has 2 heterocycles. The topological polar surface area (TPSA) is 85.6 Å². The summed E-state index contributed by atoms with van der Waals surface area (Å²) in [7, 11) is 1.41. The summed E-state index contributed by atoms with van der Waals surface area (Å²) < 4.78 is 6.34. The van der Waals surface area contributed by atoms with E-state index in [1.54, 1.807) is 23.0 Å². The molecular formula is C15H18N4O3. The zero-order chi connectivity index (χ0) is 15.5. The van der Waals surface area contributed by atoms with Crippen molar-refractivity contribution in [3.8, 4) is 0 Å². The van der Waals surface area contributed by atoms with Gasteiger partial charge in [0.2, 0.25) is 0 Å². The largest absolute Gasteiger partial charge is 0.469 e. The number of fused-ring (bicyclic) bond motifs is 1. The van der Waals surface area contributed by atoms with Crippen LogP contribution < -0.4 is 5.32 Å². The van der Waals surface area contributed by atoms with Gasteiger partial charge in [0, 0.05) is 18.4 Å². The molecule has 0 aliphatic heterocycles. The molecule has 0 saturated heterocycles. The summed E-state index contributed by atoms with van der Waals surface area (Å²) in [5.41, 5.74) is 1.01. The monoisotopic (exact) mass is 302 g/mol. The second-order valence-corrected chi connectivity index (χ2v) is 5.49. The lowest BCUT2D eigenvalue weighted by Gasteiger charge is -2.27. The Kier molecular flexibility index (Phi) is 4.04. The number of carbonyl (C=O) groups is 2. The Morgan fingerprint density at radius 3 is 2.82 bits per heavy atom. The highest BCUT2D eigenvalue weighted by Gasteiger charge is 2.28. The summed E-state index contributed by atoms with van der Waals surface area (Å²) in [5, 5.41) is 7.12. The lowest BCUT2D eigenvalue weighted by atomic mass is 9.86. The van der Waals surface area contributed by atoms with Gasteiger partial charge in [0.15, 0.2) is 5.65 Å². The molecule has 0 unspecified atom stereocenters. The summed E-state index contributed by atoms with van der Waals surface area (Å²) in [6, 6.07) is 1.84. The van der Waals surface area contributed by atoms with E-state index >= 15 is 0 Å². The molecule has 116 valence electrons. The van der Waals surface area contributed by atoms with Crippen LogP contribution in [-0.4, -0.2) is 39.6 Å². The van der Waals surface area contributed by atoms with Crippen LogP contribution in [0, 0.1) is 5.92 Å². The van der Waals surface area contributed by atoms with Gasteiger partial charge < -0.3 is 10.1 Å². The second kappa shape index (κ2) is 6.13. The molecule has 1 aliphatic carbocycles. The number of nitrogens with zero attached hydrogens (tertiary/aromatic N) is 3. The number of hydrogen-bond donors (Lipinski definition) is 1. The van der Waals surface area contributed by atoms with Crippen molar-refractivity contribution in [2.75, 3.05) is 7.11 Å². The van der Waals surface area contributed by atoms with E-state index in [1.807, 2.05) is 0 Å². The van der Waals surface area contributed by atoms with Gasteiger partial charge in [-0.25, -0.2) is 9.50 Å². The van der Waals surface area contributed by atoms with Gasteiger partial charge in [-0.2, -0.15) is 5.10 Å². The molecule has 3 rings (SSSR count).